The number of carbonyl (C=O) groups excluding carboxylic acids is 1. The van der Waals surface area contributed by atoms with Gasteiger partial charge in [-0.15, -0.1) is 0 Å². The lowest BCUT2D eigenvalue weighted by Crippen LogP contribution is -2.36. The molecule has 0 bridgehead atoms. The number of amides is 1. The summed E-state index contributed by atoms with van der Waals surface area (Å²) >= 11 is 5.84. The molecule has 0 unspecified atom stereocenters. The third-order valence-corrected chi connectivity index (χ3v) is 5.13. The van der Waals surface area contributed by atoms with Crippen LogP contribution in [0.5, 0.6) is 0 Å². The number of aromatic nitrogens is 4. The molecule has 0 saturated carbocycles. The van der Waals surface area contributed by atoms with Gasteiger partial charge in [-0.2, -0.15) is 23.4 Å². The summed E-state index contributed by atoms with van der Waals surface area (Å²) in [5.41, 5.74) is -0.0774. The molecule has 0 saturated heterocycles. The minimum Gasteiger partial charge on any atom is -0.354 e. The lowest BCUT2D eigenvalue weighted by Gasteiger charge is -2.20. The molecule has 10 heteroatoms. The fraction of sp³-hybridized carbons (Fsp3) is 0.611. The van der Waals surface area contributed by atoms with Gasteiger partial charge in [-0.05, 0) is 31.6 Å². The average molecular weight is 418 g/mol. The van der Waals surface area contributed by atoms with E-state index in [9.17, 15) is 18.0 Å². The Hall–Kier alpha value is -2.03. The van der Waals surface area contributed by atoms with E-state index in [1.807, 2.05) is 6.92 Å². The van der Waals surface area contributed by atoms with Crippen molar-refractivity contribution in [3.63, 3.8) is 0 Å². The highest BCUT2D eigenvalue weighted by molar-refractivity contribution is 6.30. The van der Waals surface area contributed by atoms with Gasteiger partial charge in [0.2, 0.25) is 5.91 Å². The highest BCUT2D eigenvalue weighted by atomic mass is 35.5. The summed E-state index contributed by atoms with van der Waals surface area (Å²) in [7, 11) is 0. The van der Waals surface area contributed by atoms with Gasteiger partial charge < -0.3 is 5.32 Å². The molecule has 0 radical (unpaired) electrons. The Bertz CT molecular complexity index is 845. The predicted molar refractivity (Wildman–Crippen MR) is 98.0 cm³/mol. The Labute approximate surface area is 166 Å². The van der Waals surface area contributed by atoms with Crippen molar-refractivity contribution in [2.75, 3.05) is 6.54 Å². The fourth-order valence-electron chi connectivity index (χ4n) is 3.63. The molecule has 28 heavy (non-hydrogen) atoms. The molecular formula is C18H23ClF3N5O. The van der Waals surface area contributed by atoms with Gasteiger partial charge >= 0.3 is 6.18 Å². The first kappa shape index (κ1) is 20.7. The van der Waals surface area contributed by atoms with Crippen LogP contribution < -0.4 is 5.32 Å². The zero-order valence-corrected chi connectivity index (χ0v) is 16.5. The molecule has 2 atom stereocenters. The largest absolute Gasteiger partial charge is 0.435 e. The van der Waals surface area contributed by atoms with Crippen molar-refractivity contribution in [3.05, 3.63) is 34.4 Å². The first-order valence-corrected chi connectivity index (χ1v) is 9.71. The number of halogens is 4. The van der Waals surface area contributed by atoms with Crippen LogP contribution in [0.2, 0.25) is 5.02 Å². The van der Waals surface area contributed by atoms with Gasteiger partial charge in [-0.3, -0.25) is 14.2 Å². The van der Waals surface area contributed by atoms with E-state index < -0.39 is 17.9 Å². The molecule has 0 aromatic carbocycles. The molecule has 1 amide bonds. The first-order valence-electron chi connectivity index (χ1n) is 9.33. The van der Waals surface area contributed by atoms with Crippen molar-refractivity contribution in [2.24, 2.45) is 5.92 Å². The van der Waals surface area contributed by atoms with Gasteiger partial charge in [-0.25, -0.2) is 0 Å². The third kappa shape index (κ3) is 4.34. The van der Waals surface area contributed by atoms with E-state index >= 15 is 0 Å². The number of fused-ring (bicyclic) bond motifs is 1. The van der Waals surface area contributed by atoms with Gasteiger partial charge in [0.15, 0.2) is 5.69 Å². The number of hydrogen-bond acceptors (Lipinski definition) is 3. The second-order valence-electron chi connectivity index (χ2n) is 7.22. The molecule has 1 aliphatic carbocycles. The second kappa shape index (κ2) is 8.14. The number of nitrogens with zero attached hydrogens (tertiary/aromatic N) is 4. The monoisotopic (exact) mass is 417 g/mol. The summed E-state index contributed by atoms with van der Waals surface area (Å²) in [5, 5.41) is 11.3. The Morgan fingerprint density at radius 3 is 2.75 bits per heavy atom. The fourth-order valence-corrected chi connectivity index (χ4v) is 3.79. The van der Waals surface area contributed by atoms with E-state index in [1.165, 1.54) is 10.9 Å². The maximum absolute atomic E-state index is 13.3. The van der Waals surface area contributed by atoms with Crippen LogP contribution in [0.25, 0.3) is 0 Å². The maximum atomic E-state index is 13.3. The molecule has 0 aliphatic heterocycles. The van der Waals surface area contributed by atoms with Crippen molar-refractivity contribution in [1.82, 2.24) is 24.9 Å². The number of carbonyl (C=O) groups is 1. The summed E-state index contributed by atoms with van der Waals surface area (Å²) in [4.78, 5) is 12.7. The van der Waals surface area contributed by atoms with Crippen LogP contribution in [-0.4, -0.2) is 32.0 Å². The van der Waals surface area contributed by atoms with Crippen LogP contribution in [0.1, 0.15) is 49.7 Å². The van der Waals surface area contributed by atoms with Crippen LogP contribution >= 0.6 is 11.6 Å². The minimum atomic E-state index is -4.51. The zero-order valence-electron chi connectivity index (χ0n) is 15.8. The van der Waals surface area contributed by atoms with Crippen molar-refractivity contribution < 1.29 is 18.0 Å². The van der Waals surface area contributed by atoms with E-state index in [4.69, 9.17) is 11.6 Å². The number of nitrogens with one attached hydrogen (secondary N) is 1. The maximum Gasteiger partial charge on any atom is 0.435 e. The molecular weight excluding hydrogens is 395 g/mol. The van der Waals surface area contributed by atoms with Crippen molar-refractivity contribution in [2.45, 2.75) is 58.3 Å². The summed E-state index contributed by atoms with van der Waals surface area (Å²) in [6, 6.07) is -0.755. The molecule has 6 nitrogen and oxygen atoms in total. The highest BCUT2D eigenvalue weighted by Crippen LogP contribution is 2.37. The Kier molecular flexibility index (Phi) is 6.02. The Morgan fingerprint density at radius 1 is 1.39 bits per heavy atom. The van der Waals surface area contributed by atoms with Gasteiger partial charge in [0, 0.05) is 30.5 Å². The molecule has 1 N–H and O–H groups in total. The predicted octanol–water partition coefficient (Wildman–Crippen LogP) is 3.64. The summed E-state index contributed by atoms with van der Waals surface area (Å²) in [5.74, 6) is -0.245. The van der Waals surface area contributed by atoms with E-state index in [-0.39, 0.29) is 17.4 Å². The highest BCUT2D eigenvalue weighted by Gasteiger charge is 2.41. The van der Waals surface area contributed by atoms with Crippen LogP contribution in [0.15, 0.2) is 12.4 Å². The smallest absolute Gasteiger partial charge is 0.354 e. The Morgan fingerprint density at radius 2 is 2.14 bits per heavy atom. The van der Waals surface area contributed by atoms with E-state index in [1.54, 1.807) is 17.8 Å². The van der Waals surface area contributed by atoms with Crippen molar-refractivity contribution in [3.8, 4) is 0 Å². The first-order chi connectivity index (χ1) is 13.2. The number of hydrogen-bond donors (Lipinski definition) is 1. The van der Waals surface area contributed by atoms with E-state index in [0.717, 1.165) is 0 Å². The lowest BCUT2D eigenvalue weighted by atomic mass is 10.1. The minimum absolute atomic E-state index is 0.0755. The standard InChI is InChI=1S/C18H23ClF3N5O/c1-3-14(17(28)23-7-11(2)9-26-10-12(19)8-24-26)27-15-6-4-5-13(15)16(25-27)18(20,21)22/h8,10-11,14H,3-7,9H2,1-2H3,(H,23,28)/t11-,14-/m0/s1. The molecule has 1 aliphatic rings. The van der Waals surface area contributed by atoms with Crippen LogP contribution in [0, 0.1) is 5.92 Å². The summed E-state index contributed by atoms with van der Waals surface area (Å²) in [6.45, 7) is 4.67. The van der Waals surface area contributed by atoms with Gasteiger partial charge in [0.25, 0.3) is 0 Å². The quantitative estimate of drug-likeness (QED) is 0.748. The number of rotatable bonds is 7. The SMILES string of the molecule is CC[C@@H](C(=O)NC[C@H](C)Cn1cc(Cl)cn1)n1nc(C(F)(F)F)c2c1CCC2. The topological polar surface area (TPSA) is 64.7 Å². The van der Waals surface area contributed by atoms with Crippen LogP contribution in [0.4, 0.5) is 13.2 Å². The third-order valence-electron chi connectivity index (χ3n) is 4.94. The van der Waals surface area contributed by atoms with Crippen LogP contribution in [-0.2, 0) is 30.4 Å². The van der Waals surface area contributed by atoms with E-state index in [0.29, 0.717) is 49.5 Å². The number of alkyl halides is 3. The molecule has 0 spiro atoms. The lowest BCUT2D eigenvalue weighted by molar-refractivity contribution is -0.142. The zero-order chi connectivity index (χ0) is 20.5. The molecule has 2 heterocycles. The normalized spacial score (nSPS) is 16.1. The molecule has 0 fully saturated rings. The van der Waals surface area contributed by atoms with Gasteiger partial charge in [-0.1, -0.05) is 25.4 Å². The summed E-state index contributed by atoms with van der Waals surface area (Å²) in [6.07, 6.45) is 0.605. The van der Waals surface area contributed by atoms with E-state index in [2.05, 4.69) is 15.5 Å². The van der Waals surface area contributed by atoms with Crippen molar-refractivity contribution in [1.29, 1.82) is 0 Å². The molecule has 2 aromatic rings. The van der Waals surface area contributed by atoms with Gasteiger partial charge in [0.05, 0.1) is 11.2 Å². The molecule has 2 aromatic heterocycles. The van der Waals surface area contributed by atoms with Crippen molar-refractivity contribution >= 4 is 17.5 Å². The molecule has 154 valence electrons. The van der Waals surface area contributed by atoms with Crippen LogP contribution in [0.3, 0.4) is 0 Å². The van der Waals surface area contributed by atoms with Gasteiger partial charge in [0.1, 0.15) is 6.04 Å². The summed E-state index contributed by atoms with van der Waals surface area (Å²) < 4.78 is 42.9. The average Bonchev–Trinajstić information content (AvgIpc) is 3.30. The second-order valence-corrected chi connectivity index (χ2v) is 7.66. The Balaban J connectivity index is 1.69. The molecule has 3 rings (SSSR count).